The fraction of sp³-hybridized carbons (Fsp3) is 0.103. The fourth-order valence-electron chi connectivity index (χ4n) is 4.77. The minimum absolute atomic E-state index is 0.0658. The van der Waals surface area contributed by atoms with Gasteiger partial charge in [-0.25, -0.2) is 9.97 Å². The quantitative estimate of drug-likeness (QED) is 0.379. The Morgan fingerprint density at radius 2 is 1.66 bits per heavy atom. The number of hydrogen-bond acceptors (Lipinski definition) is 5. The zero-order chi connectivity index (χ0) is 23.8. The van der Waals surface area contributed by atoms with Crippen molar-refractivity contribution in [2.45, 2.75) is 18.9 Å². The van der Waals surface area contributed by atoms with Crippen molar-refractivity contribution in [1.29, 1.82) is 0 Å². The fourth-order valence-corrected chi connectivity index (χ4v) is 4.77. The first-order valence-corrected chi connectivity index (χ1v) is 11.6. The number of nitrogen functional groups attached to an aromatic ring is 1. The van der Waals surface area contributed by atoms with E-state index in [0.717, 1.165) is 40.4 Å². The first kappa shape index (κ1) is 21.0. The van der Waals surface area contributed by atoms with Gasteiger partial charge in [0.05, 0.1) is 22.9 Å². The summed E-state index contributed by atoms with van der Waals surface area (Å²) < 4.78 is 0. The summed E-state index contributed by atoms with van der Waals surface area (Å²) in [4.78, 5) is 27.3. The topological polar surface area (TPSA) is 93.8 Å². The number of carbonyl (C=O) groups excluding carboxylic acids is 1. The Hall–Kier alpha value is -4.58. The second-order valence-electron chi connectivity index (χ2n) is 8.70. The number of nitrogens with zero attached hydrogens (tertiary/aromatic N) is 3. The van der Waals surface area contributed by atoms with Crippen LogP contribution in [0.2, 0.25) is 0 Å². The number of aromatic nitrogens is 3. The summed E-state index contributed by atoms with van der Waals surface area (Å²) in [5.41, 5.74) is 12.7. The SMILES string of the molecule is Nc1nc(-c2ccccc2)c(-c2ccc3ncccc3c2)nc1C(=O)N[C@@H]1CCc2ccccc21. The molecule has 0 unspecified atom stereocenters. The monoisotopic (exact) mass is 457 g/mol. The van der Waals surface area contributed by atoms with Crippen molar-refractivity contribution in [1.82, 2.24) is 20.3 Å². The van der Waals surface area contributed by atoms with E-state index in [1.165, 1.54) is 5.56 Å². The average Bonchev–Trinajstić information content (AvgIpc) is 3.31. The van der Waals surface area contributed by atoms with Crippen molar-refractivity contribution < 1.29 is 4.79 Å². The molecule has 1 atom stereocenters. The number of pyridine rings is 1. The summed E-state index contributed by atoms with van der Waals surface area (Å²) in [5, 5.41) is 4.11. The second-order valence-corrected chi connectivity index (χ2v) is 8.70. The van der Waals surface area contributed by atoms with Crippen molar-refractivity contribution >= 4 is 22.6 Å². The number of hydrogen-bond donors (Lipinski definition) is 2. The number of rotatable bonds is 4. The maximum atomic E-state index is 13.4. The van der Waals surface area contributed by atoms with E-state index < -0.39 is 0 Å². The minimum atomic E-state index is -0.319. The summed E-state index contributed by atoms with van der Waals surface area (Å²) in [5.74, 6) is -0.209. The lowest BCUT2D eigenvalue weighted by Crippen LogP contribution is -2.29. The second kappa shape index (κ2) is 8.65. The van der Waals surface area contributed by atoms with Crippen LogP contribution in [0, 0.1) is 0 Å². The molecule has 0 bridgehead atoms. The highest BCUT2D eigenvalue weighted by Crippen LogP contribution is 2.34. The van der Waals surface area contributed by atoms with E-state index in [9.17, 15) is 4.79 Å². The molecule has 0 spiro atoms. The summed E-state index contributed by atoms with van der Waals surface area (Å²) in [7, 11) is 0. The van der Waals surface area contributed by atoms with Crippen molar-refractivity contribution in [2.75, 3.05) is 5.73 Å². The molecular weight excluding hydrogens is 434 g/mol. The van der Waals surface area contributed by atoms with E-state index in [1.54, 1.807) is 6.20 Å². The number of fused-ring (bicyclic) bond motifs is 2. The van der Waals surface area contributed by atoms with E-state index in [-0.39, 0.29) is 23.5 Å². The molecule has 2 aromatic heterocycles. The lowest BCUT2D eigenvalue weighted by Gasteiger charge is -2.16. The zero-order valence-electron chi connectivity index (χ0n) is 19.0. The third-order valence-electron chi connectivity index (χ3n) is 6.50. The maximum absolute atomic E-state index is 13.4. The molecule has 6 heteroatoms. The Kier molecular flexibility index (Phi) is 5.19. The standard InChI is InChI=1S/C29H23N5O/c30-28-27(29(35)32-24-15-12-18-7-4-5-11-22(18)24)33-26(25(34-28)19-8-2-1-3-9-19)21-13-14-23-20(17-21)10-6-16-31-23/h1-11,13-14,16-17,24H,12,15H2,(H2,30,34)(H,32,35)/t24-/m1/s1. The molecule has 1 aliphatic rings. The molecule has 0 saturated heterocycles. The Labute approximate surface area is 202 Å². The molecule has 0 fully saturated rings. The van der Waals surface area contributed by atoms with E-state index in [4.69, 9.17) is 10.7 Å². The predicted molar refractivity (Wildman–Crippen MR) is 138 cm³/mol. The average molecular weight is 458 g/mol. The lowest BCUT2D eigenvalue weighted by atomic mass is 10.0. The van der Waals surface area contributed by atoms with Crippen LogP contribution >= 0.6 is 0 Å². The van der Waals surface area contributed by atoms with Crippen molar-refractivity contribution in [2.24, 2.45) is 0 Å². The largest absolute Gasteiger partial charge is 0.382 e. The lowest BCUT2D eigenvalue weighted by molar-refractivity contribution is 0.0932. The van der Waals surface area contributed by atoms with Gasteiger partial charge < -0.3 is 11.1 Å². The van der Waals surface area contributed by atoms with E-state index >= 15 is 0 Å². The Bertz CT molecular complexity index is 1560. The molecule has 6 nitrogen and oxygen atoms in total. The third-order valence-corrected chi connectivity index (χ3v) is 6.50. The van der Waals surface area contributed by atoms with Crippen molar-refractivity contribution in [3.63, 3.8) is 0 Å². The van der Waals surface area contributed by atoms with Crippen LogP contribution in [0.4, 0.5) is 5.82 Å². The van der Waals surface area contributed by atoms with Crippen molar-refractivity contribution in [3.8, 4) is 22.5 Å². The van der Waals surface area contributed by atoms with E-state index in [1.807, 2.05) is 72.8 Å². The van der Waals surface area contributed by atoms with Crippen LogP contribution in [0.15, 0.2) is 91.1 Å². The van der Waals surface area contributed by atoms with Gasteiger partial charge in [-0.2, -0.15) is 0 Å². The highest BCUT2D eigenvalue weighted by molar-refractivity contribution is 5.98. The molecule has 5 aromatic rings. The molecule has 1 aliphatic carbocycles. The maximum Gasteiger partial charge on any atom is 0.274 e. The number of nitrogens with one attached hydrogen (secondary N) is 1. The highest BCUT2D eigenvalue weighted by atomic mass is 16.2. The Balaban J connectivity index is 1.44. The molecule has 0 saturated carbocycles. The van der Waals surface area contributed by atoms with Crippen LogP contribution in [-0.2, 0) is 6.42 Å². The van der Waals surface area contributed by atoms with E-state index in [0.29, 0.717) is 11.4 Å². The van der Waals surface area contributed by atoms with Crippen LogP contribution in [0.3, 0.4) is 0 Å². The number of anilines is 1. The van der Waals surface area contributed by atoms with Gasteiger partial charge in [0.1, 0.15) is 0 Å². The van der Waals surface area contributed by atoms with Gasteiger partial charge in [0.15, 0.2) is 11.5 Å². The summed E-state index contributed by atoms with van der Waals surface area (Å²) in [6.07, 6.45) is 3.56. The van der Waals surface area contributed by atoms with Gasteiger partial charge in [-0.05, 0) is 42.2 Å². The smallest absolute Gasteiger partial charge is 0.274 e. The van der Waals surface area contributed by atoms with Gasteiger partial charge in [0, 0.05) is 22.7 Å². The molecule has 0 radical (unpaired) electrons. The molecular formula is C29H23N5O. The molecule has 35 heavy (non-hydrogen) atoms. The molecule has 6 rings (SSSR count). The van der Waals surface area contributed by atoms with Gasteiger partial charge >= 0.3 is 0 Å². The minimum Gasteiger partial charge on any atom is -0.382 e. The van der Waals surface area contributed by atoms with E-state index in [2.05, 4.69) is 27.4 Å². The van der Waals surface area contributed by atoms with Gasteiger partial charge in [0.2, 0.25) is 0 Å². The van der Waals surface area contributed by atoms with Gasteiger partial charge in [-0.1, -0.05) is 66.7 Å². The molecule has 2 heterocycles. The summed E-state index contributed by atoms with van der Waals surface area (Å²) in [6.45, 7) is 0. The number of nitrogens with two attached hydrogens (primary N) is 1. The molecule has 0 aliphatic heterocycles. The van der Waals surface area contributed by atoms with Crippen LogP contribution in [-0.4, -0.2) is 20.9 Å². The summed E-state index contributed by atoms with van der Waals surface area (Å²) >= 11 is 0. The predicted octanol–water partition coefficient (Wildman–Crippen LogP) is 5.36. The number of benzene rings is 3. The van der Waals surface area contributed by atoms with Gasteiger partial charge in [0.25, 0.3) is 5.91 Å². The number of amides is 1. The Morgan fingerprint density at radius 1 is 0.857 bits per heavy atom. The molecule has 1 amide bonds. The molecule has 3 N–H and O–H groups in total. The zero-order valence-corrected chi connectivity index (χ0v) is 19.0. The molecule has 3 aromatic carbocycles. The number of carbonyl (C=O) groups is 1. The normalized spacial score (nSPS) is 14.6. The van der Waals surface area contributed by atoms with Crippen LogP contribution < -0.4 is 11.1 Å². The van der Waals surface area contributed by atoms with Crippen LogP contribution in [0.5, 0.6) is 0 Å². The van der Waals surface area contributed by atoms with Gasteiger partial charge in [-0.3, -0.25) is 9.78 Å². The number of aryl methyl sites for hydroxylation is 1. The third kappa shape index (κ3) is 3.89. The van der Waals surface area contributed by atoms with Crippen LogP contribution in [0.25, 0.3) is 33.4 Å². The van der Waals surface area contributed by atoms with Gasteiger partial charge in [-0.15, -0.1) is 0 Å². The van der Waals surface area contributed by atoms with Crippen LogP contribution in [0.1, 0.15) is 34.1 Å². The first-order chi connectivity index (χ1) is 17.2. The Morgan fingerprint density at radius 3 is 2.54 bits per heavy atom. The molecule has 170 valence electrons. The van der Waals surface area contributed by atoms with Crippen molar-refractivity contribution in [3.05, 3.63) is 108 Å². The summed E-state index contributed by atoms with van der Waals surface area (Å²) in [6, 6.07) is 27.7. The highest BCUT2D eigenvalue weighted by Gasteiger charge is 2.26. The first-order valence-electron chi connectivity index (χ1n) is 11.6.